The molecule has 1 unspecified atom stereocenters. The Morgan fingerprint density at radius 3 is 2.17 bits per heavy atom. The van der Waals surface area contributed by atoms with Crippen molar-refractivity contribution in [3.63, 3.8) is 0 Å². The minimum Gasteiger partial charge on any atom is -0.316 e. The first-order chi connectivity index (χ1) is 8.72. The third-order valence-electron chi connectivity index (χ3n) is 6.23. The van der Waals surface area contributed by atoms with Crippen molar-refractivity contribution >= 4 is 5.78 Å². The second kappa shape index (κ2) is 4.06. The van der Waals surface area contributed by atoms with E-state index in [1.807, 2.05) is 0 Å². The Morgan fingerprint density at radius 2 is 1.67 bits per heavy atom. The highest BCUT2D eigenvalue weighted by atomic mass is 16.1. The van der Waals surface area contributed by atoms with E-state index < -0.39 is 0 Å². The van der Waals surface area contributed by atoms with E-state index in [2.05, 4.69) is 5.32 Å². The Bertz CT molecular complexity index is 321. The Kier molecular flexibility index (Phi) is 2.58. The fraction of sp³-hybridized carbons (Fsp3) is 0.938. The molecular formula is C16H25NO. The van der Waals surface area contributed by atoms with Gasteiger partial charge < -0.3 is 5.32 Å². The van der Waals surface area contributed by atoms with Gasteiger partial charge in [-0.3, -0.25) is 4.79 Å². The molecule has 0 aromatic heterocycles. The predicted molar refractivity (Wildman–Crippen MR) is 71.2 cm³/mol. The van der Waals surface area contributed by atoms with E-state index in [1.54, 1.807) is 0 Å². The van der Waals surface area contributed by atoms with Crippen LogP contribution < -0.4 is 5.32 Å². The molecule has 18 heavy (non-hydrogen) atoms. The van der Waals surface area contributed by atoms with Crippen molar-refractivity contribution in [1.82, 2.24) is 5.32 Å². The van der Waals surface area contributed by atoms with Crippen LogP contribution >= 0.6 is 0 Å². The number of Topliss-reactive ketones (excluding diaryl/α,β-unsaturated/α-hetero) is 1. The van der Waals surface area contributed by atoms with Crippen LogP contribution in [-0.4, -0.2) is 18.9 Å². The third kappa shape index (κ3) is 1.84. The van der Waals surface area contributed by atoms with E-state index in [-0.39, 0.29) is 0 Å². The lowest BCUT2D eigenvalue weighted by atomic mass is 9.48. The minimum absolute atomic E-state index is 0.345. The largest absolute Gasteiger partial charge is 0.316 e. The van der Waals surface area contributed by atoms with Crippen LogP contribution in [0.5, 0.6) is 0 Å². The highest BCUT2D eigenvalue weighted by Crippen LogP contribution is 2.61. The first kappa shape index (κ1) is 11.5. The number of carbonyl (C=O) groups is 1. The molecule has 5 rings (SSSR count). The van der Waals surface area contributed by atoms with Gasteiger partial charge in [0.2, 0.25) is 0 Å². The number of rotatable bonds is 3. The summed E-state index contributed by atoms with van der Waals surface area (Å²) in [4.78, 5) is 12.5. The zero-order chi connectivity index (χ0) is 12.2. The van der Waals surface area contributed by atoms with Gasteiger partial charge in [-0.05, 0) is 74.7 Å². The maximum absolute atomic E-state index is 12.5. The highest BCUT2D eigenvalue weighted by Gasteiger charge is 2.51. The summed E-state index contributed by atoms with van der Waals surface area (Å²) in [5.41, 5.74) is 0.453. The molecule has 100 valence electrons. The number of hydrogen-bond donors (Lipinski definition) is 1. The average molecular weight is 247 g/mol. The molecule has 2 nitrogen and oxygen atoms in total. The molecule has 0 aromatic carbocycles. The van der Waals surface area contributed by atoms with Crippen molar-refractivity contribution in [2.24, 2.45) is 29.1 Å². The molecule has 1 atom stereocenters. The second-order valence-electron chi connectivity index (χ2n) is 7.75. The molecule has 5 fully saturated rings. The van der Waals surface area contributed by atoms with E-state index in [1.165, 1.54) is 38.5 Å². The summed E-state index contributed by atoms with van der Waals surface area (Å²) in [6, 6.07) is 0. The van der Waals surface area contributed by atoms with Gasteiger partial charge in [-0.25, -0.2) is 0 Å². The molecule has 0 aromatic rings. The summed E-state index contributed by atoms with van der Waals surface area (Å²) >= 11 is 0. The van der Waals surface area contributed by atoms with Crippen molar-refractivity contribution in [3.8, 4) is 0 Å². The second-order valence-corrected chi connectivity index (χ2v) is 7.75. The Morgan fingerprint density at radius 1 is 1.06 bits per heavy atom. The Labute approximate surface area is 110 Å². The number of ketones is 1. The van der Waals surface area contributed by atoms with E-state index in [9.17, 15) is 4.79 Å². The van der Waals surface area contributed by atoms with Crippen LogP contribution in [0.25, 0.3) is 0 Å². The summed E-state index contributed by atoms with van der Waals surface area (Å²) in [7, 11) is 0. The van der Waals surface area contributed by atoms with E-state index in [0.29, 0.717) is 17.1 Å². The van der Waals surface area contributed by atoms with Crippen LogP contribution in [0.15, 0.2) is 0 Å². The van der Waals surface area contributed by atoms with E-state index in [4.69, 9.17) is 0 Å². The molecule has 1 N–H and O–H groups in total. The molecule has 0 spiro atoms. The number of carbonyl (C=O) groups excluding carboxylic acids is 1. The average Bonchev–Trinajstić information content (AvgIpc) is 2.79. The molecule has 0 radical (unpaired) electrons. The number of nitrogens with one attached hydrogen (secondary N) is 1. The van der Waals surface area contributed by atoms with Crippen molar-refractivity contribution in [2.45, 2.75) is 51.4 Å². The standard InChI is InChI=1S/C16H25NO/c18-15(14-1-2-17-10-14)9-16-6-11-3-12(7-16)5-13(4-11)8-16/h11-14,17H,1-10H2. The molecular weight excluding hydrogens is 222 g/mol. The van der Waals surface area contributed by atoms with Gasteiger partial charge in [0.25, 0.3) is 0 Å². The fourth-order valence-electron chi connectivity index (χ4n) is 5.95. The first-order valence-corrected chi connectivity index (χ1v) is 7.96. The Balaban J connectivity index is 1.48. The topological polar surface area (TPSA) is 29.1 Å². The van der Waals surface area contributed by atoms with Crippen LogP contribution in [0.3, 0.4) is 0 Å². The summed E-state index contributed by atoms with van der Waals surface area (Å²) in [6.45, 7) is 2.00. The molecule has 4 bridgehead atoms. The smallest absolute Gasteiger partial charge is 0.137 e. The molecule has 1 heterocycles. The summed E-state index contributed by atoms with van der Waals surface area (Å²) in [5, 5.41) is 3.34. The first-order valence-electron chi connectivity index (χ1n) is 7.96. The molecule has 0 amide bonds. The predicted octanol–water partition coefficient (Wildman–Crippen LogP) is 2.77. The van der Waals surface area contributed by atoms with Crippen LogP contribution in [0, 0.1) is 29.1 Å². The summed E-state index contributed by atoms with van der Waals surface area (Å²) in [5.74, 6) is 3.86. The fourth-order valence-corrected chi connectivity index (χ4v) is 5.95. The van der Waals surface area contributed by atoms with Crippen molar-refractivity contribution in [2.75, 3.05) is 13.1 Å². The van der Waals surface area contributed by atoms with Crippen molar-refractivity contribution in [3.05, 3.63) is 0 Å². The van der Waals surface area contributed by atoms with Gasteiger partial charge in [0, 0.05) is 18.9 Å². The van der Waals surface area contributed by atoms with Gasteiger partial charge in [0.1, 0.15) is 5.78 Å². The van der Waals surface area contributed by atoms with Gasteiger partial charge in [-0.2, -0.15) is 0 Å². The van der Waals surface area contributed by atoms with Crippen LogP contribution in [-0.2, 0) is 4.79 Å². The highest BCUT2D eigenvalue weighted by molar-refractivity contribution is 5.82. The molecule has 4 saturated carbocycles. The maximum atomic E-state index is 12.5. The monoisotopic (exact) mass is 247 g/mol. The Hall–Kier alpha value is -0.370. The van der Waals surface area contributed by atoms with Crippen LogP contribution in [0.4, 0.5) is 0 Å². The zero-order valence-corrected chi connectivity index (χ0v) is 11.3. The van der Waals surface area contributed by atoms with Crippen LogP contribution in [0.2, 0.25) is 0 Å². The number of hydrogen-bond acceptors (Lipinski definition) is 2. The lowest BCUT2D eigenvalue weighted by molar-refractivity contribution is -0.130. The van der Waals surface area contributed by atoms with Crippen molar-refractivity contribution < 1.29 is 4.79 Å². The zero-order valence-electron chi connectivity index (χ0n) is 11.3. The minimum atomic E-state index is 0.345. The molecule has 1 saturated heterocycles. The molecule has 5 aliphatic rings. The van der Waals surface area contributed by atoms with Crippen molar-refractivity contribution in [1.29, 1.82) is 0 Å². The van der Waals surface area contributed by atoms with Gasteiger partial charge in [0.05, 0.1) is 0 Å². The van der Waals surface area contributed by atoms with E-state index >= 15 is 0 Å². The van der Waals surface area contributed by atoms with Gasteiger partial charge in [-0.1, -0.05) is 0 Å². The third-order valence-corrected chi connectivity index (χ3v) is 6.23. The van der Waals surface area contributed by atoms with Gasteiger partial charge in [0.15, 0.2) is 0 Å². The van der Waals surface area contributed by atoms with E-state index in [0.717, 1.165) is 43.7 Å². The summed E-state index contributed by atoms with van der Waals surface area (Å²) in [6.07, 6.45) is 10.6. The molecule has 2 heteroatoms. The normalized spacial score (nSPS) is 49.8. The SMILES string of the molecule is O=C(CC12CC3CC(CC(C3)C1)C2)C1CCNC1. The lowest BCUT2D eigenvalue weighted by Gasteiger charge is -2.57. The van der Waals surface area contributed by atoms with Gasteiger partial charge >= 0.3 is 0 Å². The molecule has 1 aliphatic heterocycles. The molecule has 4 aliphatic carbocycles. The lowest BCUT2D eigenvalue weighted by Crippen LogP contribution is -2.47. The maximum Gasteiger partial charge on any atom is 0.137 e. The quantitative estimate of drug-likeness (QED) is 0.831. The van der Waals surface area contributed by atoms with Crippen LogP contribution in [0.1, 0.15) is 51.4 Å². The summed E-state index contributed by atoms with van der Waals surface area (Å²) < 4.78 is 0. The van der Waals surface area contributed by atoms with Gasteiger partial charge in [-0.15, -0.1) is 0 Å².